The number of ether oxygens (including phenoxy) is 1. The molecule has 1 aliphatic rings. The number of hydrogen-bond acceptors (Lipinski definition) is 1. The molecule has 1 nitrogen and oxygen atoms in total. The van der Waals surface area contributed by atoms with Crippen molar-refractivity contribution in [2.75, 3.05) is 6.61 Å². The first-order chi connectivity index (χ1) is 5.61. The molecule has 0 spiro atoms. The normalized spacial score (nSPS) is 24.7. The van der Waals surface area contributed by atoms with Gasteiger partial charge >= 0.3 is 18.0 Å². The SMILES string of the molecule is FC(F)(F)C(F)(F)C(F)(F)C1CO1. The number of hydrogen-bond donors (Lipinski definition) is 0. The van der Waals surface area contributed by atoms with Gasteiger partial charge in [0.1, 0.15) is 0 Å². The van der Waals surface area contributed by atoms with Gasteiger partial charge in [-0.2, -0.15) is 30.7 Å². The minimum atomic E-state index is -6.26. The maximum atomic E-state index is 12.3. The summed E-state index contributed by atoms with van der Waals surface area (Å²) < 4.78 is 86.7. The van der Waals surface area contributed by atoms with Crippen LogP contribution in [0.15, 0.2) is 0 Å². The van der Waals surface area contributed by atoms with Crippen molar-refractivity contribution in [2.45, 2.75) is 24.1 Å². The van der Waals surface area contributed by atoms with Gasteiger partial charge in [-0.25, -0.2) is 0 Å². The summed E-state index contributed by atoms with van der Waals surface area (Å²) in [6.45, 7) is -0.779. The quantitative estimate of drug-likeness (QED) is 0.505. The van der Waals surface area contributed by atoms with Gasteiger partial charge in [-0.1, -0.05) is 0 Å². The van der Waals surface area contributed by atoms with Crippen LogP contribution < -0.4 is 0 Å². The molecule has 1 atom stereocenters. The smallest absolute Gasteiger partial charge is 0.366 e. The fraction of sp³-hybridized carbons (Fsp3) is 1.00. The van der Waals surface area contributed by atoms with Crippen molar-refractivity contribution in [3.05, 3.63) is 0 Å². The van der Waals surface area contributed by atoms with E-state index in [-0.39, 0.29) is 0 Å². The van der Waals surface area contributed by atoms with Gasteiger partial charge in [0.05, 0.1) is 6.61 Å². The Morgan fingerprint density at radius 1 is 0.923 bits per heavy atom. The van der Waals surface area contributed by atoms with E-state index < -0.39 is 30.7 Å². The lowest BCUT2D eigenvalue weighted by atomic mass is 10.1. The van der Waals surface area contributed by atoms with Crippen LogP contribution in [0.5, 0.6) is 0 Å². The Hall–Kier alpha value is -0.530. The lowest BCUT2D eigenvalue weighted by Gasteiger charge is -2.26. The van der Waals surface area contributed by atoms with Crippen molar-refractivity contribution in [3.63, 3.8) is 0 Å². The predicted molar refractivity (Wildman–Crippen MR) is 25.7 cm³/mol. The lowest BCUT2D eigenvalue weighted by Crippen LogP contribution is -2.54. The summed E-state index contributed by atoms with van der Waals surface area (Å²) in [7, 11) is 0. The van der Waals surface area contributed by atoms with Crippen LogP contribution in [-0.4, -0.2) is 30.7 Å². The molecule has 78 valence electrons. The van der Waals surface area contributed by atoms with Crippen molar-refractivity contribution in [3.8, 4) is 0 Å². The first kappa shape index (κ1) is 10.6. The van der Waals surface area contributed by atoms with E-state index >= 15 is 0 Å². The van der Waals surface area contributed by atoms with E-state index in [1.165, 1.54) is 0 Å². The van der Waals surface area contributed by atoms with Crippen LogP contribution in [0, 0.1) is 0 Å². The Kier molecular flexibility index (Phi) is 2.02. The van der Waals surface area contributed by atoms with E-state index in [2.05, 4.69) is 4.74 Å². The largest absolute Gasteiger partial charge is 0.459 e. The van der Waals surface area contributed by atoms with Crippen molar-refractivity contribution < 1.29 is 35.5 Å². The minimum absolute atomic E-state index is 0.779. The average Bonchev–Trinajstić information content (AvgIpc) is 2.63. The topological polar surface area (TPSA) is 12.5 Å². The van der Waals surface area contributed by atoms with Crippen molar-refractivity contribution in [1.29, 1.82) is 0 Å². The van der Waals surface area contributed by atoms with Crippen LogP contribution in [0.25, 0.3) is 0 Å². The molecule has 0 radical (unpaired) electrons. The van der Waals surface area contributed by atoms with E-state index in [9.17, 15) is 30.7 Å². The highest BCUT2D eigenvalue weighted by molar-refractivity contribution is 5.00. The second kappa shape index (κ2) is 2.49. The van der Waals surface area contributed by atoms with E-state index in [4.69, 9.17) is 0 Å². The lowest BCUT2D eigenvalue weighted by molar-refractivity contribution is -0.357. The molecule has 0 saturated carbocycles. The second-order valence-electron chi connectivity index (χ2n) is 2.52. The van der Waals surface area contributed by atoms with Crippen LogP contribution in [-0.2, 0) is 4.74 Å². The van der Waals surface area contributed by atoms with Crippen LogP contribution in [0.1, 0.15) is 0 Å². The predicted octanol–water partition coefficient (Wildman–Crippen LogP) is 2.22. The van der Waals surface area contributed by atoms with Crippen LogP contribution in [0.2, 0.25) is 0 Å². The highest BCUT2D eigenvalue weighted by Crippen LogP contribution is 2.50. The summed E-state index contributed by atoms with van der Waals surface area (Å²) in [6.07, 6.45) is -8.59. The molecule has 1 unspecified atom stereocenters. The van der Waals surface area contributed by atoms with Gasteiger partial charge in [-0.05, 0) is 0 Å². The zero-order valence-electron chi connectivity index (χ0n) is 5.84. The molecule has 8 heteroatoms. The molecule has 0 N–H and O–H groups in total. The Balaban J connectivity index is 2.90. The second-order valence-corrected chi connectivity index (χ2v) is 2.52. The van der Waals surface area contributed by atoms with Gasteiger partial charge < -0.3 is 4.74 Å². The summed E-state index contributed by atoms with van der Waals surface area (Å²) in [6, 6.07) is 0. The summed E-state index contributed by atoms with van der Waals surface area (Å²) >= 11 is 0. The molecule has 1 saturated heterocycles. The third-order valence-corrected chi connectivity index (χ3v) is 1.51. The third kappa shape index (κ3) is 1.47. The van der Waals surface area contributed by atoms with Gasteiger partial charge in [-0.15, -0.1) is 0 Å². The number of epoxide rings is 1. The first-order valence-corrected chi connectivity index (χ1v) is 3.04. The van der Waals surface area contributed by atoms with Gasteiger partial charge in [0.15, 0.2) is 6.10 Å². The summed E-state index contributed by atoms with van der Waals surface area (Å²) in [5.41, 5.74) is 0. The fourth-order valence-corrected chi connectivity index (χ4v) is 0.649. The molecule has 0 aromatic heterocycles. The van der Waals surface area contributed by atoms with Crippen LogP contribution in [0.4, 0.5) is 30.7 Å². The standard InChI is InChI=1S/C5H3F7O/c6-3(7,2-1-13-2)4(8,9)5(10,11)12/h2H,1H2. The van der Waals surface area contributed by atoms with E-state index in [1.807, 2.05) is 0 Å². The Labute approximate surface area is 67.5 Å². The fourth-order valence-electron chi connectivity index (χ4n) is 0.649. The molecule has 0 aliphatic carbocycles. The number of alkyl halides is 7. The molecule has 13 heavy (non-hydrogen) atoms. The van der Waals surface area contributed by atoms with Crippen LogP contribution >= 0.6 is 0 Å². The van der Waals surface area contributed by atoms with Crippen LogP contribution in [0.3, 0.4) is 0 Å². The highest BCUT2D eigenvalue weighted by Gasteiger charge is 2.77. The van der Waals surface area contributed by atoms with Crippen molar-refractivity contribution >= 4 is 0 Å². The summed E-state index contributed by atoms with van der Waals surface area (Å²) in [4.78, 5) is 0. The molecule has 0 amide bonds. The van der Waals surface area contributed by atoms with Gasteiger partial charge in [0, 0.05) is 0 Å². The van der Waals surface area contributed by atoms with E-state index in [1.54, 1.807) is 0 Å². The van der Waals surface area contributed by atoms with Crippen molar-refractivity contribution in [2.24, 2.45) is 0 Å². The molecular weight excluding hydrogens is 209 g/mol. The zero-order chi connectivity index (χ0) is 10.5. The Bertz CT molecular complexity index is 203. The average molecular weight is 212 g/mol. The Morgan fingerprint density at radius 2 is 1.31 bits per heavy atom. The van der Waals surface area contributed by atoms with Crippen molar-refractivity contribution in [1.82, 2.24) is 0 Å². The molecule has 0 aromatic carbocycles. The highest BCUT2D eigenvalue weighted by atomic mass is 19.4. The minimum Gasteiger partial charge on any atom is -0.366 e. The van der Waals surface area contributed by atoms with Gasteiger partial charge in [-0.3, -0.25) is 0 Å². The summed E-state index contributed by atoms with van der Waals surface area (Å²) in [5, 5.41) is 0. The molecule has 0 aromatic rings. The van der Waals surface area contributed by atoms with E-state index in [0.717, 1.165) is 0 Å². The molecule has 1 rings (SSSR count). The maximum absolute atomic E-state index is 12.3. The Morgan fingerprint density at radius 3 is 1.54 bits per heavy atom. The summed E-state index contributed by atoms with van der Waals surface area (Å²) in [5.74, 6) is -11.2. The zero-order valence-corrected chi connectivity index (χ0v) is 5.84. The number of halogens is 7. The molecular formula is C5H3F7O. The van der Waals surface area contributed by atoms with Gasteiger partial charge in [0.25, 0.3) is 0 Å². The first-order valence-electron chi connectivity index (χ1n) is 3.04. The molecule has 1 aliphatic heterocycles. The molecule has 1 fully saturated rings. The maximum Gasteiger partial charge on any atom is 0.459 e. The molecule has 0 bridgehead atoms. The van der Waals surface area contributed by atoms with E-state index in [0.29, 0.717) is 0 Å². The molecule has 1 heterocycles. The third-order valence-electron chi connectivity index (χ3n) is 1.51. The number of rotatable bonds is 2. The monoisotopic (exact) mass is 212 g/mol. The van der Waals surface area contributed by atoms with Gasteiger partial charge in [0.2, 0.25) is 0 Å².